The third-order valence-electron chi connectivity index (χ3n) is 4.65. The Bertz CT molecular complexity index is 295. The van der Waals surface area contributed by atoms with Gasteiger partial charge in [-0.15, -0.1) is 0 Å². The highest BCUT2D eigenvalue weighted by molar-refractivity contribution is 5.71. The highest BCUT2D eigenvalue weighted by atomic mass is 16.4. The number of piperidine rings is 1. The van der Waals surface area contributed by atoms with E-state index in [2.05, 4.69) is 30.7 Å². The van der Waals surface area contributed by atoms with Crippen LogP contribution >= 0.6 is 0 Å². The number of carboxylic acids is 1. The molecule has 2 aliphatic heterocycles. The molecule has 0 spiro atoms. The number of hydrogen-bond acceptors (Lipinski definition) is 3. The molecule has 2 heterocycles. The lowest BCUT2D eigenvalue weighted by Crippen LogP contribution is -2.47. The summed E-state index contributed by atoms with van der Waals surface area (Å²) in [4.78, 5) is 15.9. The normalized spacial score (nSPS) is 40.6. The van der Waals surface area contributed by atoms with E-state index in [0.717, 1.165) is 19.6 Å². The van der Waals surface area contributed by atoms with E-state index in [4.69, 9.17) is 5.11 Å². The predicted molar refractivity (Wildman–Crippen MR) is 67.0 cm³/mol. The summed E-state index contributed by atoms with van der Waals surface area (Å²) in [5.41, 5.74) is 0. The second-order valence-corrected chi connectivity index (χ2v) is 5.88. The maximum atomic E-state index is 11.1. The zero-order valence-electron chi connectivity index (χ0n) is 11.1. The van der Waals surface area contributed by atoms with E-state index in [1.807, 2.05) is 0 Å². The fourth-order valence-corrected chi connectivity index (χ4v) is 3.22. The monoisotopic (exact) mass is 240 g/mol. The zero-order valence-corrected chi connectivity index (χ0v) is 11.1. The maximum absolute atomic E-state index is 11.1. The molecule has 0 aromatic rings. The van der Waals surface area contributed by atoms with Gasteiger partial charge in [0.25, 0.3) is 0 Å². The topological polar surface area (TPSA) is 43.8 Å². The van der Waals surface area contributed by atoms with Crippen LogP contribution in [0, 0.1) is 11.8 Å². The van der Waals surface area contributed by atoms with Gasteiger partial charge in [-0.1, -0.05) is 6.92 Å². The summed E-state index contributed by atoms with van der Waals surface area (Å²) < 4.78 is 0. The molecule has 0 aliphatic carbocycles. The molecule has 0 radical (unpaired) electrons. The Hall–Kier alpha value is -0.610. The number of rotatable bonds is 2. The van der Waals surface area contributed by atoms with Gasteiger partial charge in [0, 0.05) is 25.2 Å². The van der Waals surface area contributed by atoms with E-state index in [1.165, 1.54) is 12.8 Å². The summed E-state index contributed by atoms with van der Waals surface area (Å²) >= 11 is 0. The van der Waals surface area contributed by atoms with Gasteiger partial charge in [-0.05, 0) is 39.3 Å². The van der Waals surface area contributed by atoms with E-state index < -0.39 is 5.97 Å². The van der Waals surface area contributed by atoms with E-state index >= 15 is 0 Å². The van der Waals surface area contributed by atoms with Gasteiger partial charge in [-0.2, -0.15) is 0 Å². The van der Waals surface area contributed by atoms with Gasteiger partial charge in [0.2, 0.25) is 0 Å². The molecule has 2 fully saturated rings. The molecule has 0 aromatic heterocycles. The molecule has 98 valence electrons. The molecule has 0 aromatic carbocycles. The van der Waals surface area contributed by atoms with Gasteiger partial charge in [0.05, 0.1) is 5.92 Å². The zero-order chi connectivity index (χ0) is 12.6. The quantitative estimate of drug-likeness (QED) is 0.785. The molecule has 1 N–H and O–H groups in total. The second kappa shape index (κ2) is 4.94. The molecule has 4 atom stereocenters. The third-order valence-corrected chi connectivity index (χ3v) is 4.65. The summed E-state index contributed by atoms with van der Waals surface area (Å²) in [6.45, 7) is 7.17. The van der Waals surface area contributed by atoms with E-state index in [9.17, 15) is 4.79 Å². The van der Waals surface area contributed by atoms with Crippen molar-refractivity contribution in [3.8, 4) is 0 Å². The molecule has 0 amide bonds. The molecule has 17 heavy (non-hydrogen) atoms. The van der Waals surface area contributed by atoms with Crippen LogP contribution in [0.5, 0.6) is 0 Å². The van der Waals surface area contributed by atoms with Crippen LogP contribution in [0.1, 0.15) is 26.7 Å². The lowest BCUT2D eigenvalue weighted by atomic mass is 9.98. The van der Waals surface area contributed by atoms with Crippen molar-refractivity contribution in [2.75, 3.05) is 26.7 Å². The highest BCUT2D eigenvalue weighted by Gasteiger charge is 2.39. The number of nitrogens with zero attached hydrogens (tertiary/aromatic N) is 2. The Morgan fingerprint density at radius 2 is 2.00 bits per heavy atom. The first-order valence-corrected chi connectivity index (χ1v) is 6.66. The lowest BCUT2D eigenvalue weighted by molar-refractivity contribution is -0.142. The van der Waals surface area contributed by atoms with Crippen molar-refractivity contribution in [2.24, 2.45) is 11.8 Å². The fraction of sp³-hybridized carbons (Fsp3) is 0.923. The maximum Gasteiger partial charge on any atom is 0.308 e. The molecule has 0 saturated carbocycles. The largest absolute Gasteiger partial charge is 0.481 e. The van der Waals surface area contributed by atoms with Crippen molar-refractivity contribution in [3.63, 3.8) is 0 Å². The minimum atomic E-state index is -0.624. The number of likely N-dealkylation sites (tertiary alicyclic amines) is 2. The molecular weight excluding hydrogens is 216 g/mol. The van der Waals surface area contributed by atoms with Crippen LogP contribution < -0.4 is 0 Å². The average molecular weight is 240 g/mol. The van der Waals surface area contributed by atoms with Crippen LogP contribution in [0.25, 0.3) is 0 Å². The standard InChI is InChI=1S/C13H24N2O2/c1-9-7-15(8-12(9)13(16)17)11-4-5-14(3)10(2)6-11/h9-12H,4-8H2,1-3H3,(H,16,17)/t9-,10?,11?,12-/m1/s1. The van der Waals surface area contributed by atoms with Crippen LogP contribution in [0.3, 0.4) is 0 Å². The van der Waals surface area contributed by atoms with Crippen molar-refractivity contribution in [1.29, 1.82) is 0 Å². The minimum absolute atomic E-state index is 0.162. The van der Waals surface area contributed by atoms with Gasteiger partial charge in [0.1, 0.15) is 0 Å². The van der Waals surface area contributed by atoms with Crippen LogP contribution in [-0.4, -0.2) is 59.6 Å². The van der Waals surface area contributed by atoms with Crippen LogP contribution in [-0.2, 0) is 4.79 Å². The highest BCUT2D eigenvalue weighted by Crippen LogP contribution is 2.29. The molecule has 2 aliphatic rings. The Kier molecular flexibility index (Phi) is 3.73. The molecule has 0 bridgehead atoms. The Morgan fingerprint density at radius 3 is 2.53 bits per heavy atom. The average Bonchev–Trinajstić information content (AvgIpc) is 2.64. The first kappa shape index (κ1) is 12.8. The minimum Gasteiger partial charge on any atom is -0.481 e. The molecule has 2 rings (SSSR count). The number of aliphatic carboxylic acids is 1. The second-order valence-electron chi connectivity index (χ2n) is 5.88. The van der Waals surface area contributed by atoms with E-state index in [0.29, 0.717) is 18.0 Å². The first-order valence-electron chi connectivity index (χ1n) is 6.66. The number of carboxylic acid groups (broad SMARTS) is 1. The van der Waals surface area contributed by atoms with Gasteiger partial charge in [-0.25, -0.2) is 0 Å². The Labute approximate surface area is 104 Å². The van der Waals surface area contributed by atoms with Crippen LogP contribution in [0.2, 0.25) is 0 Å². The van der Waals surface area contributed by atoms with Crippen LogP contribution in [0.4, 0.5) is 0 Å². The molecule has 2 saturated heterocycles. The van der Waals surface area contributed by atoms with E-state index in [-0.39, 0.29) is 5.92 Å². The Morgan fingerprint density at radius 1 is 1.29 bits per heavy atom. The van der Waals surface area contributed by atoms with Gasteiger partial charge in [0.15, 0.2) is 0 Å². The summed E-state index contributed by atoms with van der Waals surface area (Å²) in [5.74, 6) is -0.492. The van der Waals surface area contributed by atoms with Crippen molar-refractivity contribution in [3.05, 3.63) is 0 Å². The van der Waals surface area contributed by atoms with Gasteiger partial charge in [-0.3, -0.25) is 9.69 Å². The smallest absolute Gasteiger partial charge is 0.308 e. The Balaban J connectivity index is 1.94. The van der Waals surface area contributed by atoms with Crippen molar-refractivity contribution < 1.29 is 9.90 Å². The molecule has 4 heteroatoms. The first-order chi connectivity index (χ1) is 7.99. The third kappa shape index (κ3) is 2.63. The van der Waals surface area contributed by atoms with Gasteiger partial charge >= 0.3 is 5.97 Å². The van der Waals surface area contributed by atoms with Crippen molar-refractivity contribution in [1.82, 2.24) is 9.80 Å². The predicted octanol–water partition coefficient (Wildman–Crippen LogP) is 1.12. The summed E-state index contributed by atoms with van der Waals surface area (Å²) in [5, 5.41) is 9.16. The molecule has 2 unspecified atom stereocenters. The fourth-order valence-electron chi connectivity index (χ4n) is 3.22. The van der Waals surface area contributed by atoms with Crippen molar-refractivity contribution in [2.45, 2.75) is 38.8 Å². The molecular formula is C13H24N2O2. The lowest BCUT2D eigenvalue weighted by Gasteiger charge is -2.39. The SMILES string of the molecule is CC1CC(N2C[C@@H](C)[C@H](C(=O)O)C2)CCN1C. The van der Waals surface area contributed by atoms with Crippen LogP contribution in [0.15, 0.2) is 0 Å². The molecule has 4 nitrogen and oxygen atoms in total. The summed E-state index contributed by atoms with van der Waals surface area (Å²) in [7, 11) is 2.17. The summed E-state index contributed by atoms with van der Waals surface area (Å²) in [6.07, 6.45) is 2.36. The van der Waals surface area contributed by atoms with Gasteiger partial charge < -0.3 is 10.0 Å². The number of hydrogen-bond donors (Lipinski definition) is 1. The number of carbonyl (C=O) groups is 1. The van der Waals surface area contributed by atoms with Crippen molar-refractivity contribution >= 4 is 5.97 Å². The summed E-state index contributed by atoms with van der Waals surface area (Å²) in [6, 6.07) is 1.21. The van der Waals surface area contributed by atoms with E-state index in [1.54, 1.807) is 0 Å².